The van der Waals surface area contributed by atoms with Crippen molar-refractivity contribution >= 4 is 11.5 Å². The Morgan fingerprint density at radius 2 is 1.71 bits per heavy atom. The van der Waals surface area contributed by atoms with Crippen LogP contribution >= 0.6 is 0 Å². The molecule has 0 amide bonds. The second kappa shape index (κ2) is 5.87. The van der Waals surface area contributed by atoms with Gasteiger partial charge in [0.25, 0.3) is 0 Å². The molecule has 3 heterocycles. The summed E-state index contributed by atoms with van der Waals surface area (Å²) in [6, 6.07) is 10.5. The van der Waals surface area contributed by atoms with Crippen molar-refractivity contribution in [1.29, 1.82) is 0 Å². The van der Waals surface area contributed by atoms with Crippen molar-refractivity contribution < 1.29 is 4.39 Å². The Labute approximate surface area is 140 Å². The normalized spacial score (nSPS) is 16.0. The van der Waals surface area contributed by atoms with Gasteiger partial charge >= 0.3 is 0 Å². The van der Waals surface area contributed by atoms with Gasteiger partial charge in [0.1, 0.15) is 11.6 Å². The van der Waals surface area contributed by atoms with Crippen LogP contribution in [-0.2, 0) is 0 Å². The van der Waals surface area contributed by atoms with E-state index in [-0.39, 0.29) is 5.82 Å². The lowest BCUT2D eigenvalue weighted by Gasteiger charge is -2.34. The van der Waals surface area contributed by atoms with Gasteiger partial charge in [0.2, 0.25) is 0 Å². The number of nitrogens with zero attached hydrogens (tertiary/aromatic N) is 5. The number of hydrogen-bond donors (Lipinski definition) is 0. The van der Waals surface area contributed by atoms with E-state index in [2.05, 4.69) is 27.9 Å². The highest BCUT2D eigenvalue weighted by Gasteiger charge is 2.19. The van der Waals surface area contributed by atoms with Gasteiger partial charge in [-0.1, -0.05) is 0 Å². The highest BCUT2D eigenvalue weighted by atomic mass is 19.1. The molecule has 5 nitrogen and oxygen atoms in total. The smallest absolute Gasteiger partial charge is 0.158 e. The van der Waals surface area contributed by atoms with Crippen molar-refractivity contribution in [2.24, 2.45) is 0 Å². The van der Waals surface area contributed by atoms with Crippen LogP contribution < -0.4 is 4.90 Å². The third-order valence-electron chi connectivity index (χ3n) is 4.50. The first-order valence-corrected chi connectivity index (χ1v) is 8.17. The Morgan fingerprint density at radius 1 is 1.00 bits per heavy atom. The lowest BCUT2D eigenvalue weighted by Crippen LogP contribution is -2.45. The first-order chi connectivity index (χ1) is 11.6. The molecule has 0 atom stereocenters. The third kappa shape index (κ3) is 2.73. The minimum absolute atomic E-state index is 0.241. The van der Waals surface area contributed by atoms with Crippen molar-refractivity contribution in [1.82, 2.24) is 19.5 Å². The van der Waals surface area contributed by atoms with Crippen LogP contribution in [0.15, 0.2) is 36.4 Å². The topological polar surface area (TPSA) is 36.7 Å². The zero-order valence-corrected chi connectivity index (χ0v) is 13.9. The molecule has 0 N–H and O–H groups in total. The van der Waals surface area contributed by atoms with Gasteiger partial charge in [0, 0.05) is 49.6 Å². The fourth-order valence-corrected chi connectivity index (χ4v) is 3.10. The molecule has 1 aromatic carbocycles. The summed E-state index contributed by atoms with van der Waals surface area (Å²) < 4.78 is 15.0. The molecule has 0 spiro atoms. The molecular weight excluding hydrogens is 305 g/mol. The number of piperazine rings is 1. The van der Waals surface area contributed by atoms with Crippen molar-refractivity contribution in [3.63, 3.8) is 0 Å². The standard InChI is InChI=1S/C18H20FN5/c1-13-11-18(23-9-7-22(2)8-10-23)24-17(20-13)12-16(21-24)14-3-5-15(19)6-4-14/h3-6,11-12H,7-10H2,1-2H3. The Morgan fingerprint density at radius 3 is 2.42 bits per heavy atom. The average Bonchev–Trinajstić information content (AvgIpc) is 2.99. The second-order valence-electron chi connectivity index (χ2n) is 6.35. The summed E-state index contributed by atoms with van der Waals surface area (Å²) in [7, 11) is 2.14. The number of rotatable bonds is 2. The molecule has 1 aliphatic rings. The minimum Gasteiger partial charge on any atom is -0.354 e. The SMILES string of the molecule is Cc1cc(N2CCN(C)CC2)n2nc(-c3ccc(F)cc3)cc2n1. The molecule has 24 heavy (non-hydrogen) atoms. The van der Waals surface area contributed by atoms with Gasteiger partial charge in [0.15, 0.2) is 5.65 Å². The number of hydrogen-bond acceptors (Lipinski definition) is 4. The van der Waals surface area contributed by atoms with Gasteiger partial charge in [-0.05, 0) is 38.2 Å². The lowest BCUT2D eigenvalue weighted by atomic mass is 10.1. The molecule has 0 unspecified atom stereocenters. The third-order valence-corrected chi connectivity index (χ3v) is 4.50. The van der Waals surface area contributed by atoms with Crippen LogP contribution in [0.3, 0.4) is 0 Å². The van der Waals surface area contributed by atoms with E-state index in [1.807, 2.05) is 17.5 Å². The van der Waals surface area contributed by atoms with E-state index in [0.29, 0.717) is 0 Å². The van der Waals surface area contributed by atoms with E-state index in [1.54, 1.807) is 12.1 Å². The maximum Gasteiger partial charge on any atom is 0.158 e. The minimum atomic E-state index is -0.241. The summed E-state index contributed by atoms with van der Waals surface area (Å²) in [6.45, 7) is 6.02. The monoisotopic (exact) mass is 325 g/mol. The van der Waals surface area contributed by atoms with Crippen LogP contribution in [0.25, 0.3) is 16.9 Å². The molecule has 2 aromatic heterocycles. The Kier molecular flexibility index (Phi) is 3.69. The number of aryl methyl sites for hydroxylation is 1. The summed E-state index contributed by atoms with van der Waals surface area (Å²) in [5, 5.41) is 4.72. The fourth-order valence-electron chi connectivity index (χ4n) is 3.10. The van der Waals surface area contributed by atoms with E-state index in [4.69, 9.17) is 5.10 Å². The number of halogens is 1. The highest BCUT2D eigenvalue weighted by molar-refractivity contribution is 5.66. The summed E-state index contributed by atoms with van der Waals surface area (Å²) >= 11 is 0. The molecule has 1 aliphatic heterocycles. The molecule has 1 saturated heterocycles. The van der Waals surface area contributed by atoms with E-state index in [1.165, 1.54) is 12.1 Å². The quantitative estimate of drug-likeness (QED) is 0.726. The summed E-state index contributed by atoms with van der Waals surface area (Å²) in [4.78, 5) is 9.28. The van der Waals surface area contributed by atoms with Crippen molar-refractivity contribution in [2.45, 2.75) is 6.92 Å². The molecule has 0 aliphatic carbocycles. The Hall–Kier alpha value is -2.47. The molecule has 1 fully saturated rings. The predicted octanol–water partition coefficient (Wildman–Crippen LogP) is 2.60. The van der Waals surface area contributed by atoms with E-state index in [0.717, 1.165) is 54.6 Å². The predicted molar refractivity (Wildman–Crippen MR) is 92.8 cm³/mol. The molecule has 0 bridgehead atoms. The van der Waals surface area contributed by atoms with Crippen LogP contribution in [0.1, 0.15) is 5.69 Å². The van der Waals surface area contributed by atoms with Crippen LogP contribution in [0.2, 0.25) is 0 Å². The summed E-state index contributed by atoms with van der Waals surface area (Å²) in [5.74, 6) is 0.827. The number of fused-ring (bicyclic) bond motifs is 1. The number of anilines is 1. The Bertz CT molecular complexity index is 863. The van der Waals surface area contributed by atoms with Gasteiger partial charge in [0.05, 0.1) is 5.69 Å². The molecule has 6 heteroatoms. The van der Waals surface area contributed by atoms with Crippen molar-refractivity contribution in [2.75, 3.05) is 38.1 Å². The molecule has 0 radical (unpaired) electrons. The lowest BCUT2D eigenvalue weighted by molar-refractivity contribution is 0.311. The van der Waals surface area contributed by atoms with Crippen LogP contribution in [0.5, 0.6) is 0 Å². The highest BCUT2D eigenvalue weighted by Crippen LogP contribution is 2.24. The largest absolute Gasteiger partial charge is 0.354 e. The van der Waals surface area contributed by atoms with Gasteiger partial charge in [-0.25, -0.2) is 9.37 Å². The van der Waals surface area contributed by atoms with E-state index in [9.17, 15) is 4.39 Å². The number of aromatic nitrogens is 3. The average molecular weight is 325 g/mol. The van der Waals surface area contributed by atoms with Gasteiger partial charge in [-0.2, -0.15) is 9.61 Å². The Balaban J connectivity index is 1.78. The maximum atomic E-state index is 13.1. The molecular formula is C18H20FN5. The first kappa shape index (κ1) is 15.1. The zero-order valence-electron chi connectivity index (χ0n) is 13.9. The number of likely N-dealkylation sites (N-methyl/N-ethyl adjacent to an activating group) is 1. The second-order valence-corrected chi connectivity index (χ2v) is 6.35. The molecule has 0 saturated carbocycles. The van der Waals surface area contributed by atoms with Crippen LogP contribution in [0, 0.1) is 12.7 Å². The van der Waals surface area contributed by atoms with Gasteiger partial charge < -0.3 is 9.80 Å². The summed E-state index contributed by atoms with van der Waals surface area (Å²) in [5.41, 5.74) is 3.50. The maximum absolute atomic E-state index is 13.1. The first-order valence-electron chi connectivity index (χ1n) is 8.17. The zero-order chi connectivity index (χ0) is 16.7. The van der Waals surface area contributed by atoms with Crippen LogP contribution in [-0.4, -0.2) is 52.7 Å². The van der Waals surface area contributed by atoms with Crippen molar-refractivity contribution in [3.05, 3.63) is 47.9 Å². The molecule has 4 rings (SSSR count). The van der Waals surface area contributed by atoms with Gasteiger partial charge in [-0.3, -0.25) is 0 Å². The fraction of sp³-hybridized carbons (Fsp3) is 0.333. The summed E-state index contributed by atoms with van der Waals surface area (Å²) in [6.07, 6.45) is 0. The van der Waals surface area contributed by atoms with Crippen molar-refractivity contribution in [3.8, 4) is 11.3 Å². The number of benzene rings is 1. The van der Waals surface area contributed by atoms with Crippen LogP contribution in [0.4, 0.5) is 10.2 Å². The van der Waals surface area contributed by atoms with Gasteiger partial charge in [-0.15, -0.1) is 0 Å². The van der Waals surface area contributed by atoms with E-state index >= 15 is 0 Å². The molecule has 3 aromatic rings. The molecule has 124 valence electrons. The van der Waals surface area contributed by atoms with E-state index < -0.39 is 0 Å².